The number of aromatic nitrogens is 1. The molecule has 1 saturated carbocycles. The van der Waals surface area contributed by atoms with Crippen molar-refractivity contribution in [3.8, 4) is 0 Å². The summed E-state index contributed by atoms with van der Waals surface area (Å²) in [7, 11) is 2.18. The molecule has 0 unspecified atom stereocenters. The molecular weight excluding hydrogens is 230 g/mol. The number of hydrogen-bond acceptors (Lipinski definition) is 0. The van der Waals surface area contributed by atoms with Gasteiger partial charge in [-0.3, -0.25) is 0 Å². The molecule has 102 valence electrons. The molecular formula is C18H25N. The first-order chi connectivity index (χ1) is 9.25. The highest BCUT2D eigenvalue weighted by molar-refractivity contribution is 5.82. The molecule has 0 spiro atoms. The van der Waals surface area contributed by atoms with Crippen LogP contribution in [0, 0.1) is 6.92 Å². The van der Waals surface area contributed by atoms with E-state index in [4.69, 9.17) is 0 Å². The van der Waals surface area contributed by atoms with Gasteiger partial charge in [0.2, 0.25) is 0 Å². The van der Waals surface area contributed by atoms with Crippen molar-refractivity contribution in [3.05, 3.63) is 35.5 Å². The molecule has 0 aliphatic heterocycles. The van der Waals surface area contributed by atoms with Gasteiger partial charge in [-0.15, -0.1) is 0 Å². The second kappa shape index (κ2) is 5.40. The van der Waals surface area contributed by atoms with Crippen LogP contribution < -0.4 is 0 Å². The van der Waals surface area contributed by atoms with Crippen LogP contribution in [0.15, 0.2) is 24.3 Å². The molecule has 0 bridgehead atoms. The highest BCUT2D eigenvalue weighted by atomic mass is 14.9. The number of fused-ring (bicyclic) bond motifs is 1. The van der Waals surface area contributed by atoms with E-state index >= 15 is 0 Å². The lowest BCUT2D eigenvalue weighted by molar-refractivity contribution is 0.456. The van der Waals surface area contributed by atoms with Crippen LogP contribution in [0.5, 0.6) is 0 Å². The number of aryl methyl sites for hydroxylation is 2. The van der Waals surface area contributed by atoms with Gasteiger partial charge in [0.15, 0.2) is 0 Å². The third-order valence-corrected chi connectivity index (χ3v) is 4.89. The Morgan fingerprint density at radius 2 is 1.63 bits per heavy atom. The van der Waals surface area contributed by atoms with Crippen molar-refractivity contribution in [1.82, 2.24) is 4.57 Å². The van der Waals surface area contributed by atoms with Gasteiger partial charge in [-0.05, 0) is 48.8 Å². The van der Waals surface area contributed by atoms with Crippen molar-refractivity contribution in [2.24, 2.45) is 7.05 Å². The molecule has 0 atom stereocenters. The Bertz CT molecular complexity index is 556. The van der Waals surface area contributed by atoms with Gasteiger partial charge in [0.25, 0.3) is 0 Å². The average molecular weight is 255 g/mol. The molecule has 1 aliphatic rings. The smallest absolute Gasteiger partial charge is 0.0482 e. The van der Waals surface area contributed by atoms with E-state index in [1.54, 1.807) is 5.56 Å². The van der Waals surface area contributed by atoms with E-state index in [0.29, 0.717) is 0 Å². The van der Waals surface area contributed by atoms with Crippen LogP contribution in [-0.2, 0) is 7.05 Å². The van der Waals surface area contributed by atoms with Crippen molar-refractivity contribution in [3.63, 3.8) is 0 Å². The fourth-order valence-electron chi connectivity index (χ4n) is 3.53. The van der Waals surface area contributed by atoms with E-state index in [-0.39, 0.29) is 0 Å². The maximum Gasteiger partial charge on any atom is 0.0482 e. The quantitative estimate of drug-likeness (QED) is 0.650. The maximum atomic E-state index is 2.44. The van der Waals surface area contributed by atoms with Gasteiger partial charge in [-0.2, -0.15) is 0 Å². The largest absolute Gasteiger partial charge is 0.348 e. The van der Waals surface area contributed by atoms with Crippen LogP contribution in [0.25, 0.3) is 10.9 Å². The van der Waals surface area contributed by atoms with Gasteiger partial charge in [-0.1, -0.05) is 44.2 Å². The van der Waals surface area contributed by atoms with Gasteiger partial charge in [0.1, 0.15) is 0 Å². The molecule has 1 aromatic carbocycles. The topological polar surface area (TPSA) is 4.93 Å². The monoisotopic (exact) mass is 255 g/mol. The summed E-state index contributed by atoms with van der Waals surface area (Å²) in [5.74, 6) is 0.792. The standard InChI is InChI=1S/C18H25N/c1-14-12-17-11-10-16(13-18(17)19(14)2)15-8-6-4-3-5-7-9-15/h10-13,15H,3-9H2,1-2H3. The van der Waals surface area contributed by atoms with E-state index in [2.05, 4.69) is 42.8 Å². The second-order valence-electron chi connectivity index (χ2n) is 6.21. The fourth-order valence-corrected chi connectivity index (χ4v) is 3.53. The first-order valence-corrected chi connectivity index (χ1v) is 7.81. The van der Waals surface area contributed by atoms with Crippen LogP contribution in [0.4, 0.5) is 0 Å². The van der Waals surface area contributed by atoms with Crippen molar-refractivity contribution < 1.29 is 0 Å². The van der Waals surface area contributed by atoms with Crippen LogP contribution in [-0.4, -0.2) is 4.57 Å². The van der Waals surface area contributed by atoms with Crippen LogP contribution >= 0.6 is 0 Å². The lowest BCUT2D eigenvalue weighted by atomic mass is 9.86. The normalized spacial score (nSPS) is 18.4. The Labute approximate surface area is 116 Å². The van der Waals surface area contributed by atoms with Gasteiger partial charge >= 0.3 is 0 Å². The third-order valence-electron chi connectivity index (χ3n) is 4.89. The summed E-state index contributed by atoms with van der Waals surface area (Å²) < 4.78 is 2.32. The molecule has 0 saturated heterocycles. The summed E-state index contributed by atoms with van der Waals surface area (Å²) in [5, 5.41) is 1.38. The molecule has 1 nitrogen and oxygen atoms in total. The fraction of sp³-hybridized carbons (Fsp3) is 0.556. The number of benzene rings is 1. The molecule has 0 radical (unpaired) electrons. The Morgan fingerprint density at radius 3 is 2.37 bits per heavy atom. The molecule has 1 aromatic heterocycles. The van der Waals surface area contributed by atoms with Crippen molar-refractivity contribution >= 4 is 10.9 Å². The minimum Gasteiger partial charge on any atom is -0.348 e. The van der Waals surface area contributed by atoms with Crippen molar-refractivity contribution in [2.45, 2.75) is 57.8 Å². The summed E-state index contributed by atoms with van der Waals surface area (Å²) in [6.45, 7) is 2.19. The summed E-state index contributed by atoms with van der Waals surface area (Å²) in [4.78, 5) is 0. The predicted molar refractivity (Wildman–Crippen MR) is 82.7 cm³/mol. The Hall–Kier alpha value is -1.24. The zero-order valence-corrected chi connectivity index (χ0v) is 12.3. The zero-order valence-electron chi connectivity index (χ0n) is 12.3. The summed E-state index contributed by atoms with van der Waals surface area (Å²) >= 11 is 0. The van der Waals surface area contributed by atoms with Crippen LogP contribution in [0.3, 0.4) is 0 Å². The minimum atomic E-state index is 0.792. The van der Waals surface area contributed by atoms with E-state index < -0.39 is 0 Å². The Morgan fingerprint density at radius 1 is 0.947 bits per heavy atom. The summed E-state index contributed by atoms with van der Waals surface area (Å²) in [5.41, 5.74) is 4.32. The van der Waals surface area contributed by atoms with Crippen LogP contribution in [0.2, 0.25) is 0 Å². The molecule has 1 fully saturated rings. The number of rotatable bonds is 1. The van der Waals surface area contributed by atoms with Gasteiger partial charge in [-0.25, -0.2) is 0 Å². The minimum absolute atomic E-state index is 0.792. The van der Waals surface area contributed by atoms with E-state index in [9.17, 15) is 0 Å². The number of hydrogen-bond donors (Lipinski definition) is 0. The highest BCUT2D eigenvalue weighted by Crippen LogP contribution is 2.32. The Balaban J connectivity index is 1.92. The van der Waals surface area contributed by atoms with Gasteiger partial charge in [0, 0.05) is 18.3 Å². The first kappa shape index (κ1) is 12.8. The van der Waals surface area contributed by atoms with Crippen molar-refractivity contribution in [1.29, 1.82) is 0 Å². The highest BCUT2D eigenvalue weighted by Gasteiger charge is 2.14. The molecule has 0 N–H and O–H groups in total. The predicted octanol–water partition coefficient (Wildman–Crippen LogP) is 5.31. The molecule has 19 heavy (non-hydrogen) atoms. The lowest BCUT2D eigenvalue weighted by Gasteiger charge is -2.20. The van der Waals surface area contributed by atoms with Crippen molar-refractivity contribution in [2.75, 3.05) is 0 Å². The van der Waals surface area contributed by atoms with E-state index in [1.165, 1.54) is 61.5 Å². The molecule has 1 aliphatic carbocycles. The zero-order chi connectivity index (χ0) is 13.2. The van der Waals surface area contributed by atoms with Gasteiger partial charge in [0.05, 0.1) is 0 Å². The SMILES string of the molecule is Cc1cc2ccc(C3CCCCCCC3)cc2n1C. The number of nitrogens with zero attached hydrogens (tertiary/aromatic N) is 1. The molecule has 2 aromatic rings. The van der Waals surface area contributed by atoms with E-state index in [0.717, 1.165) is 5.92 Å². The third kappa shape index (κ3) is 2.56. The molecule has 1 heterocycles. The molecule has 0 amide bonds. The average Bonchev–Trinajstić information content (AvgIpc) is 2.65. The summed E-state index contributed by atoms with van der Waals surface area (Å²) in [6, 6.07) is 9.41. The first-order valence-electron chi connectivity index (χ1n) is 7.81. The Kier molecular flexibility index (Phi) is 3.63. The summed E-state index contributed by atoms with van der Waals surface area (Å²) in [6.07, 6.45) is 9.90. The molecule has 3 rings (SSSR count). The second-order valence-corrected chi connectivity index (χ2v) is 6.21. The molecule has 1 heteroatoms. The maximum absolute atomic E-state index is 2.44. The van der Waals surface area contributed by atoms with E-state index in [1.807, 2.05) is 0 Å². The van der Waals surface area contributed by atoms with Crippen LogP contribution in [0.1, 0.15) is 62.1 Å². The lowest BCUT2D eigenvalue weighted by Crippen LogP contribution is -2.02. The van der Waals surface area contributed by atoms with Gasteiger partial charge < -0.3 is 4.57 Å².